The van der Waals surface area contributed by atoms with Gasteiger partial charge in [-0.15, -0.1) is 0 Å². The molecule has 1 aromatic rings. The summed E-state index contributed by atoms with van der Waals surface area (Å²) in [5.41, 5.74) is 6.68. The van der Waals surface area contributed by atoms with E-state index in [1.54, 1.807) is 13.0 Å². The smallest absolute Gasteiger partial charge is 0.338 e. The first-order chi connectivity index (χ1) is 10.9. The maximum absolute atomic E-state index is 12.6. The standard InChI is InChI=1S/C16H24N2O4S/c1-11-7-8-13(9-14(11)16(19)22-2)23(20,21)18-15(10-17)12-5-3-4-6-12/h7-9,12,15,18H,3-6,10,17H2,1-2H3. The Balaban J connectivity index is 2.26. The minimum absolute atomic E-state index is 0.0555. The van der Waals surface area contributed by atoms with Gasteiger partial charge in [0.2, 0.25) is 10.0 Å². The maximum atomic E-state index is 12.6. The van der Waals surface area contributed by atoms with Crippen molar-refractivity contribution in [3.63, 3.8) is 0 Å². The normalized spacial score (nSPS) is 17.2. The number of aryl methyl sites for hydroxylation is 1. The second-order valence-electron chi connectivity index (χ2n) is 5.98. The van der Waals surface area contributed by atoms with Crippen LogP contribution in [0.1, 0.15) is 41.6 Å². The third-order valence-electron chi connectivity index (χ3n) is 4.45. The van der Waals surface area contributed by atoms with Crippen molar-refractivity contribution in [1.29, 1.82) is 0 Å². The average Bonchev–Trinajstić information content (AvgIpc) is 3.06. The van der Waals surface area contributed by atoms with E-state index in [1.807, 2.05) is 0 Å². The summed E-state index contributed by atoms with van der Waals surface area (Å²) in [5, 5.41) is 0. The number of benzene rings is 1. The van der Waals surface area contributed by atoms with E-state index >= 15 is 0 Å². The lowest BCUT2D eigenvalue weighted by atomic mass is 9.99. The molecule has 7 heteroatoms. The Morgan fingerprint density at radius 1 is 1.39 bits per heavy atom. The highest BCUT2D eigenvalue weighted by molar-refractivity contribution is 7.89. The van der Waals surface area contributed by atoms with Crippen LogP contribution in [0.4, 0.5) is 0 Å². The van der Waals surface area contributed by atoms with Crippen molar-refractivity contribution in [1.82, 2.24) is 4.72 Å². The molecule has 1 aliphatic rings. The summed E-state index contributed by atoms with van der Waals surface area (Å²) in [4.78, 5) is 11.8. The minimum atomic E-state index is -3.73. The zero-order valence-electron chi connectivity index (χ0n) is 13.5. The Kier molecular flexibility index (Phi) is 5.78. The van der Waals surface area contributed by atoms with Crippen LogP contribution in [0.15, 0.2) is 23.1 Å². The van der Waals surface area contributed by atoms with Gasteiger partial charge in [-0.25, -0.2) is 17.9 Å². The number of carbonyl (C=O) groups excluding carboxylic acids is 1. The molecule has 1 aliphatic carbocycles. The molecule has 2 rings (SSSR count). The molecule has 0 radical (unpaired) electrons. The van der Waals surface area contributed by atoms with Gasteiger partial charge in [-0.1, -0.05) is 18.9 Å². The number of methoxy groups -OCH3 is 1. The van der Waals surface area contributed by atoms with Crippen molar-refractivity contribution in [3.8, 4) is 0 Å². The summed E-state index contributed by atoms with van der Waals surface area (Å²) in [5.74, 6) is -0.272. The highest BCUT2D eigenvalue weighted by atomic mass is 32.2. The summed E-state index contributed by atoms with van der Waals surface area (Å²) in [6, 6.07) is 4.18. The lowest BCUT2D eigenvalue weighted by Gasteiger charge is -2.23. The number of ether oxygens (including phenoxy) is 1. The fourth-order valence-electron chi connectivity index (χ4n) is 3.06. The number of rotatable bonds is 6. The first-order valence-electron chi connectivity index (χ1n) is 7.80. The third-order valence-corrected chi connectivity index (χ3v) is 5.94. The van der Waals surface area contributed by atoms with Gasteiger partial charge in [0.05, 0.1) is 17.6 Å². The third kappa shape index (κ3) is 4.10. The number of nitrogens with two attached hydrogens (primary N) is 1. The Morgan fingerprint density at radius 2 is 2.04 bits per heavy atom. The molecule has 3 N–H and O–H groups in total. The molecular formula is C16H24N2O4S. The minimum Gasteiger partial charge on any atom is -0.465 e. The van der Waals surface area contributed by atoms with Gasteiger partial charge in [-0.3, -0.25) is 0 Å². The van der Waals surface area contributed by atoms with E-state index in [1.165, 1.54) is 19.2 Å². The molecular weight excluding hydrogens is 316 g/mol. The molecule has 0 saturated heterocycles. The van der Waals surface area contributed by atoms with Crippen LogP contribution in [0.2, 0.25) is 0 Å². The van der Waals surface area contributed by atoms with Gasteiger partial charge in [-0.05, 0) is 43.4 Å². The summed E-state index contributed by atoms with van der Waals surface area (Å²) in [6.45, 7) is 2.00. The molecule has 128 valence electrons. The molecule has 0 aliphatic heterocycles. The highest BCUT2D eigenvalue weighted by Crippen LogP contribution is 2.28. The van der Waals surface area contributed by atoms with Gasteiger partial charge in [-0.2, -0.15) is 0 Å². The Hall–Kier alpha value is -1.44. The van der Waals surface area contributed by atoms with E-state index in [9.17, 15) is 13.2 Å². The summed E-state index contributed by atoms with van der Waals surface area (Å²) >= 11 is 0. The second kappa shape index (κ2) is 7.42. The first-order valence-corrected chi connectivity index (χ1v) is 9.28. The van der Waals surface area contributed by atoms with Crippen LogP contribution in [-0.4, -0.2) is 34.1 Å². The monoisotopic (exact) mass is 340 g/mol. The number of hydrogen-bond acceptors (Lipinski definition) is 5. The number of hydrogen-bond donors (Lipinski definition) is 2. The SMILES string of the molecule is COC(=O)c1cc(S(=O)(=O)NC(CN)C2CCCC2)ccc1C. The van der Waals surface area contributed by atoms with Gasteiger partial charge in [0.1, 0.15) is 0 Å². The van der Waals surface area contributed by atoms with Crippen LogP contribution in [0.5, 0.6) is 0 Å². The average molecular weight is 340 g/mol. The quantitative estimate of drug-likeness (QED) is 0.766. The van der Waals surface area contributed by atoms with Crippen molar-refractivity contribution in [3.05, 3.63) is 29.3 Å². The number of nitrogens with one attached hydrogen (secondary N) is 1. The molecule has 0 spiro atoms. The van der Waals surface area contributed by atoms with Gasteiger partial charge >= 0.3 is 5.97 Å². The van der Waals surface area contributed by atoms with Gasteiger partial charge in [0.25, 0.3) is 0 Å². The van der Waals surface area contributed by atoms with Crippen LogP contribution >= 0.6 is 0 Å². The van der Waals surface area contributed by atoms with Crippen LogP contribution in [0.25, 0.3) is 0 Å². The number of carbonyl (C=O) groups is 1. The molecule has 1 unspecified atom stereocenters. The summed E-state index contributed by atoms with van der Waals surface area (Å²) in [7, 11) is -2.46. The van der Waals surface area contributed by atoms with Crippen molar-refractivity contribution >= 4 is 16.0 Å². The molecule has 23 heavy (non-hydrogen) atoms. The predicted molar refractivity (Wildman–Crippen MR) is 87.6 cm³/mol. The molecule has 6 nitrogen and oxygen atoms in total. The fraction of sp³-hybridized carbons (Fsp3) is 0.562. The van der Waals surface area contributed by atoms with Crippen molar-refractivity contribution in [2.24, 2.45) is 11.7 Å². The lowest BCUT2D eigenvalue weighted by molar-refractivity contribution is 0.0599. The van der Waals surface area contributed by atoms with E-state index in [4.69, 9.17) is 10.5 Å². The van der Waals surface area contributed by atoms with Crippen molar-refractivity contribution < 1.29 is 17.9 Å². The molecule has 1 atom stereocenters. The molecule has 1 aromatic carbocycles. The van der Waals surface area contributed by atoms with Gasteiger partial charge in [0.15, 0.2) is 0 Å². The Bertz CT molecular complexity index is 667. The molecule has 0 heterocycles. The van der Waals surface area contributed by atoms with Crippen LogP contribution in [0.3, 0.4) is 0 Å². The van der Waals surface area contributed by atoms with Crippen LogP contribution in [-0.2, 0) is 14.8 Å². The Labute approximate surface area is 137 Å². The van der Waals surface area contributed by atoms with Gasteiger partial charge in [0, 0.05) is 12.6 Å². The topological polar surface area (TPSA) is 98.5 Å². The molecule has 0 aromatic heterocycles. The first kappa shape index (κ1) is 17.9. The van der Waals surface area contributed by atoms with E-state index < -0.39 is 16.0 Å². The van der Waals surface area contributed by atoms with E-state index in [0.717, 1.165) is 25.7 Å². The van der Waals surface area contributed by atoms with Crippen molar-refractivity contribution in [2.45, 2.75) is 43.5 Å². The maximum Gasteiger partial charge on any atom is 0.338 e. The molecule has 0 bridgehead atoms. The summed E-state index contributed by atoms with van der Waals surface area (Å²) in [6.07, 6.45) is 4.21. The van der Waals surface area contributed by atoms with E-state index in [0.29, 0.717) is 5.56 Å². The molecule has 1 saturated carbocycles. The fourth-order valence-corrected chi connectivity index (χ4v) is 4.41. The predicted octanol–water partition coefficient (Wildman–Crippen LogP) is 1.58. The highest BCUT2D eigenvalue weighted by Gasteiger charge is 2.29. The van der Waals surface area contributed by atoms with Crippen LogP contribution in [0, 0.1) is 12.8 Å². The van der Waals surface area contributed by atoms with Gasteiger partial charge < -0.3 is 10.5 Å². The zero-order valence-corrected chi connectivity index (χ0v) is 14.4. The van der Waals surface area contributed by atoms with Crippen LogP contribution < -0.4 is 10.5 Å². The largest absolute Gasteiger partial charge is 0.465 e. The zero-order chi connectivity index (χ0) is 17.0. The molecule has 0 amide bonds. The Morgan fingerprint density at radius 3 is 2.61 bits per heavy atom. The summed E-state index contributed by atoms with van der Waals surface area (Å²) < 4.78 is 32.6. The van der Waals surface area contributed by atoms with Crippen molar-refractivity contribution in [2.75, 3.05) is 13.7 Å². The number of sulfonamides is 1. The molecule has 1 fully saturated rings. The second-order valence-corrected chi connectivity index (χ2v) is 7.69. The number of esters is 1. The van der Waals surface area contributed by atoms with E-state index in [2.05, 4.69) is 4.72 Å². The van der Waals surface area contributed by atoms with E-state index in [-0.39, 0.29) is 29.0 Å². The lowest BCUT2D eigenvalue weighted by Crippen LogP contribution is -2.44.